The number of rotatable bonds is 7. The van der Waals surface area contributed by atoms with E-state index in [1.54, 1.807) is 13.0 Å². The van der Waals surface area contributed by atoms with Gasteiger partial charge in [-0.25, -0.2) is 9.38 Å². The van der Waals surface area contributed by atoms with E-state index in [9.17, 15) is 9.50 Å². The standard InChI is InChI=1S/C23H31FN4O/c1-3-25-23(26-13-18-8-9-22(24)17(2)12-18)27-14-21(29)16-28-11-10-19-6-4-5-7-20(19)15-28/h4-9,12,21,29H,3,10-11,13-16H2,1-2H3,(H2,25,26,27). The Labute approximate surface area is 172 Å². The van der Waals surface area contributed by atoms with Gasteiger partial charge in [0.2, 0.25) is 0 Å². The van der Waals surface area contributed by atoms with Crippen LogP contribution in [0, 0.1) is 12.7 Å². The third-order valence-corrected chi connectivity index (χ3v) is 5.17. The molecule has 156 valence electrons. The Morgan fingerprint density at radius 3 is 2.76 bits per heavy atom. The van der Waals surface area contributed by atoms with Crippen LogP contribution in [0.15, 0.2) is 47.5 Å². The first-order valence-electron chi connectivity index (χ1n) is 10.3. The molecule has 0 amide bonds. The number of fused-ring (bicyclic) bond motifs is 1. The summed E-state index contributed by atoms with van der Waals surface area (Å²) in [6.45, 7) is 7.83. The molecule has 0 spiro atoms. The minimum Gasteiger partial charge on any atom is -0.390 e. The van der Waals surface area contributed by atoms with Crippen molar-refractivity contribution < 1.29 is 9.50 Å². The van der Waals surface area contributed by atoms with Crippen LogP contribution in [0.5, 0.6) is 0 Å². The number of hydrogen-bond donors (Lipinski definition) is 3. The maximum Gasteiger partial charge on any atom is 0.191 e. The minimum atomic E-state index is -0.489. The smallest absolute Gasteiger partial charge is 0.191 e. The molecule has 0 radical (unpaired) electrons. The predicted octanol–water partition coefficient (Wildman–Crippen LogP) is 2.61. The molecule has 0 saturated heterocycles. The fraction of sp³-hybridized carbons (Fsp3) is 0.435. The molecule has 0 aliphatic carbocycles. The first-order valence-corrected chi connectivity index (χ1v) is 10.3. The Kier molecular flexibility index (Phi) is 7.61. The van der Waals surface area contributed by atoms with E-state index in [4.69, 9.17) is 0 Å². The molecule has 2 aromatic rings. The van der Waals surface area contributed by atoms with Crippen LogP contribution in [0.4, 0.5) is 4.39 Å². The topological polar surface area (TPSA) is 59.9 Å². The van der Waals surface area contributed by atoms with E-state index in [2.05, 4.69) is 44.8 Å². The van der Waals surface area contributed by atoms with E-state index < -0.39 is 6.10 Å². The van der Waals surface area contributed by atoms with Gasteiger partial charge in [-0.1, -0.05) is 36.4 Å². The van der Waals surface area contributed by atoms with Crippen LogP contribution in [-0.2, 0) is 19.5 Å². The highest BCUT2D eigenvalue weighted by molar-refractivity contribution is 5.79. The summed E-state index contributed by atoms with van der Waals surface area (Å²) in [5.74, 6) is 0.448. The van der Waals surface area contributed by atoms with Crippen molar-refractivity contribution in [1.82, 2.24) is 15.5 Å². The summed E-state index contributed by atoms with van der Waals surface area (Å²) in [4.78, 5) is 6.84. The molecule has 1 unspecified atom stereocenters. The van der Waals surface area contributed by atoms with Gasteiger partial charge in [0.1, 0.15) is 5.82 Å². The maximum absolute atomic E-state index is 13.4. The summed E-state index contributed by atoms with van der Waals surface area (Å²) in [5, 5.41) is 16.9. The predicted molar refractivity (Wildman–Crippen MR) is 115 cm³/mol. The molecular weight excluding hydrogens is 367 g/mol. The van der Waals surface area contributed by atoms with Crippen LogP contribution < -0.4 is 10.6 Å². The van der Waals surface area contributed by atoms with Gasteiger partial charge in [0.05, 0.1) is 12.6 Å². The fourth-order valence-electron chi connectivity index (χ4n) is 3.60. The van der Waals surface area contributed by atoms with Crippen molar-refractivity contribution in [2.75, 3.05) is 26.2 Å². The number of nitrogens with zero attached hydrogens (tertiary/aromatic N) is 2. The average molecular weight is 399 g/mol. The van der Waals surface area contributed by atoms with Gasteiger partial charge in [-0.2, -0.15) is 0 Å². The molecule has 1 aliphatic rings. The molecule has 5 nitrogen and oxygen atoms in total. The van der Waals surface area contributed by atoms with Crippen LogP contribution in [0.3, 0.4) is 0 Å². The Hall–Kier alpha value is -2.44. The van der Waals surface area contributed by atoms with Crippen LogP contribution in [0.2, 0.25) is 0 Å². The van der Waals surface area contributed by atoms with E-state index >= 15 is 0 Å². The third kappa shape index (κ3) is 6.27. The number of halogens is 1. The van der Waals surface area contributed by atoms with Crippen LogP contribution in [-0.4, -0.2) is 48.2 Å². The number of benzene rings is 2. The molecule has 0 bridgehead atoms. The minimum absolute atomic E-state index is 0.203. The largest absolute Gasteiger partial charge is 0.390 e. The fourth-order valence-corrected chi connectivity index (χ4v) is 3.60. The highest BCUT2D eigenvalue weighted by atomic mass is 19.1. The van der Waals surface area contributed by atoms with Crippen molar-refractivity contribution in [3.05, 3.63) is 70.5 Å². The first kappa shape index (κ1) is 21.3. The molecular formula is C23H31FN4O. The molecule has 1 atom stereocenters. The monoisotopic (exact) mass is 398 g/mol. The van der Waals surface area contributed by atoms with Gasteiger partial charge < -0.3 is 15.7 Å². The van der Waals surface area contributed by atoms with Crippen molar-refractivity contribution >= 4 is 5.96 Å². The van der Waals surface area contributed by atoms with Gasteiger partial charge >= 0.3 is 0 Å². The molecule has 1 heterocycles. The van der Waals surface area contributed by atoms with Crippen molar-refractivity contribution in [3.63, 3.8) is 0 Å². The quantitative estimate of drug-likeness (QED) is 0.496. The number of aliphatic hydroxyl groups excluding tert-OH is 1. The Bertz CT molecular complexity index is 839. The molecule has 2 aromatic carbocycles. The number of aryl methyl sites for hydroxylation is 1. The summed E-state index contributed by atoms with van der Waals surface area (Å²) < 4.78 is 13.4. The van der Waals surface area contributed by atoms with E-state index in [1.807, 2.05) is 13.0 Å². The summed E-state index contributed by atoms with van der Waals surface area (Å²) in [6, 6.07) is 13.5. The van der Waals surface area contributed by atoms with E-state index in [0.29, 0.717) is 31.2 Å². The molecule has 0 fully saturated rings. The summed E-state index contributed by atoms with van der Waals surface area (Å²) >= 11 is 0. The van der Waals surface area contributed by atoms with Crippen molar-refractivity contribution in [2.24, 2.45) is 4.99 Å². The molecule has 0 saturated carbocycles. The van der Waals surface area contributed by atoms with Crippen molar-refractivity contribution in [1.29, 1.82) is 0 Å². The molecule has 6 heteroatoms. The number of aliphatic hydroxyl groups is 1. The van der Waals surface area contributed by atoms with E-state index in [0.717, 1.165) is 31.6 Å². The Morgan fingerprint density at radius 2 is 2.00 bits per heavy atom. The lowest BCUT2D eigenvalue weighted by molar-refractivity contribution is 0.108. The molecule has 3 N–H and O–H groups in total. The number of hydrogen-bond acceptors (Lipinski definition) is 3. The SMILES string of the molecule is CCNC(=NCc1ccc(F)c(C)c1)NCC(O)CN1CCc2ccccc2C1. The van der Waals surface area contributed by atoms with Gasteiger partial charge in [0.25, 0.3) is 0 Å². The number of aliphatic imine (C=N–C) groups is 1. The lowest BCUT2D eigenvalue weighted by atomic mass is 10.00. The first-order chi connectivity index (χ1) is 14.0. The van der Waals surface area contributed by atoms with Gasteiger partial charge in [-0.15, -0.1) is 0 Å². The molecule has 1 aliphatic heterocycles. The lowest BCUT2D eigenvalue weighted by Crippen LogP contribution is -2.45. The second-order valence-corrected chi connectivity index (χ2v) is 7.57. The highest BCUT2D eigenvalue weighted by Crippen LogP contribution is 2.18. The van der Waals surface area contributed by atoms with E-state index in [-0.39, 0.29) is 5.82 Å². The van der Waals surface area contributed by atoms with Gasteiger partial charge in [-0.05, 0) is 48.6 Å². The molecule has 29 heavy (non-hydrogen) atoms. The van der Waals surface area contributed by atoms with Gasteiger partial charge in [0, 0.05) is 32.7 Å². The Morgan fingerprint density at radius 1 is 1.21 bits per heavy atom. The summed E-state index contributed by atoms with van der Waals surface area (Å²) in [7, 11) is 0. The number of guanidine groups is 1. The summed E-state index contributed by atoms with van der Waals surface area (Å²) in [6.07, 6.45) is 0.537. The number of β-amino-alcohol motifs (C(OH)–C–C–N with tert-alkyl or cyclic N) is 1. The Balaban J connectivity index is 1.49. The van der Waals surface area contributed by atoms with Crippen LogP contribution in [0.1, 0.15) is 29.2 Å². The average Bonchev–Trinajstić information content (AvgIpc) is 2.72. The van der Waals surface area contributed by atoms with Gasteiger partial charge in [0.15, 0.2) is 5.96 Å². The normalized spacial score (nSPS) is 15.7. The van der Waals surface area contributed by atoms with E-state index in [1.165, 1.54) is 17.2 Å². The van der Waals surface area contributed by atoms with Crippen LogP contribution in [0.25, 0.3) is 0 Å². The van der Waals surface area contributed by atoms with Crippen molar-refractivity contribution in [2.45, 2.75) is 39.5 Å². The van der Waals surface area contributed by atoms with Crippen LogP contribution >= 0.6 is 0 Å². The zero-order valence-corrected chi connectivity index (χ0v) is 17.3. The van der Waals surface area contributed by atoms with Crippen molar-refractivity contribution in [3.8, 4) is 0 Å². The zero-order chi connectivity index (χ0) is 20.6. The molecule has 0 aromatic heterocycles. The summed E-state index contributed by atoms with van der Waals surface area (Å²) in [5.41, 5.74) is 4.33. The molecule has 3 rings (SSSR count). The second kappa shape index (κ2) is 10.4. The van der Waals surface area contributed by atoms with Gasteiger partial charge in [-0.3, -0.25) is 4.90 Å². The zero-order valence-electron chi connectivity index (χ0n) is 17.3. The maximum atomic E-state index is 13.4. The highest BCUT2D eigenvalue weighted by Gasteiger charge is 2.18. The lowest BCUT2D eigenvalue weighted by Gasteiger charge is -2.30. The second-order valence-electron chi connectivity index (χ2n) is 7.57. The third-order valence-electron chi connectivity index (χ3n) is 5.17. The number of nitrogens with one attached hydrogen (secondary N) is 2.